The molecule has 0 heterocycles. The predicted molar refractivity (Wildman–Crippen MR) is 248 cm³/mol. The van der Waals surface area contributed by atoms with Crippen LogP contribution in [0.5, 0.6) is 0 Å². The van der Waals surface area contributed by atoms with Crippen LogP contribution in [0, 0.1) is 0 Å². The maximum absolute atomic E-state index is 12.8. The van der Waals surface area contributed by atoms with Gasteiger partial charge in [0, 0.05) is 19.3 Å². The minimum Gasteiger partial charge on any atom is -0.477 e. The molecule has 2 atom stereocenters. The summed E-state index contributed by atoms with van der Waals surface area (Å²) in [5.41, 5.74) is 0. The molecule has 59 heavy (non-hydrogen) atoms. The van der Waals surface area contributed by atoms with E-state index in [2.05, 4.69) is 26.0 Å². The summed E-state index contributed by atoms with van der Waals surface area (Å²) in [4.78, 5) is 37.1. The summed E-state index contributed by atoms with van der Waals surface area (Å²) in [6.45, 7) is 4.78. The van der Waals surface area contributed by atoms with E-state index in [0.717, 1.165) is 38.5 Å². The molecular weight excluding hydrogens is 739 g/mol. The lowest BCUT2D eigenvalue weighted by Gasteiger charge is -2.31. The van der Waals surface area contributed by atoms with Crippen molar-refractivity contribution in [1.29, 1.82) is 0 Å². The molecule has 0 aromatic carbocycles. The lowest BCUT2D eigenvalue weighted by Crippen LogP contribution is -2.50. The van der Waals surface area contributed by atoms with Crippen molar-refractivity contribution in [1.82, 2.24) is 0 Å². The van der Waals surface area contributed by atoms with E-state index in [1.807, 2.05) is 21.1 Å². The van der Waals surface area contributed by atoms with Gasteiger partial charge in [-0.1, -0.05) is 199 Å². The van der Waals surface area contributed by atoms with Crippen molar-refractivity contribution in [2.45, 2.75) is 257 Å². The zero-order valence-electron chi connectivity index (χ0n) is 39.7. The highest BCUT2D eigenvalue weighted by molar-refractivity contribution is 5.72. The molecule has 0 rings (SSSR count). The molecule has 0 aliphatic rings. The zero-order valence-corrected chi connectivity index (χ0v) is 39.7. The zero-order chi connectivity index (χ0) is 43.5. The van der Waals surface area contributed by atoms with Crippen molar-refractivity contribution in [3.8, 4) is 0 Å². The smallest absolute Gasteiger partial charge is 0.362 e. The first-order chi connectivity index (χ1) is 28.6. The molecule has 0 aliphatic carbocycles. The van der Waals surface area contributed by atoms with Crippen LogP contribution < -0.4 is 0 Å². The number of carbonyl (C=O) groups is 3. The molecule has 0 fully saturated rings. The topological polar surface area (TPSA) is 99.1 Å². The van der Waals surface area contributed by atoms with Gasteiger partial charge in [0.15, 0.2) is 12.1 Å². The molecule has 8 nitrogen and oxygen atoms in total. The molecule has 348 valence electrons. The van der Waals surface area contributed by atoms with Gasteiger partial charge in [0.25, 0.3) is 0 Å². The molecule has 2 unspecified atom stereocenters. The van der Waals surface area contributed by atoms with Gasteiger partial charge in [-0.05, 0) is 38.5 Å². The van der Waals surface area contributed by atoms with Crippen LogP contribution in [-0.2, 0) is 28.6 Å². The summed E-state index contributed by atoms with van der Waals surface area (Å²) in [6, 6.07) is -0.611. The van der Waals surface area contributed by atoms with Crippen LogP contribution >= 0.6 is 0 Å². The number of ether oxygens (including phenoxy) is 3. The monoisotopic (exact) mass is 837 g/mol. The maximum atomic E-state index is 12.8. The highest BCUT2D eigenvalue weighted by atomic mass is 16.6. The minimum absolute atomic E-state index is 0.0468. The Morgan fingerprint density at radius 1 is 0.492 bits per heavy atom. The van der Waals surface area contributed by atoms with E-state index in [0.29, 0.717) is 19.3 Å². The lowest BCUT2D eigenvalue weighted by atomic mass is 10.0. The Balaban J connectivity index is 4.23. The number of esters is 2. The van der Waals surface area contributed by atoms with Gasteiger partial charge in [-0.15, -0.1) is 0 Å². The number of carboxylic acid groups (broad SMARTS) is 1. The third-order valence-electron chi connectivity index (χ3n) is 11.7. The van der Waals surface area contributed by atoms with Gasteiger partial charge in [0.1, 0.15) is 6.61 Å². The average Bonchev–Trinajstić information content (AvgIpc) is 3.19. The molecule has 0 saturated carbocycles. The minimum atomic E-state index is -0.871. The van der Waals surface area contributed by atoms with Crippen LogP contribution in [0.2, 0.25) is 0 Å². The molecule has 1 N–H and O–H groups in total. The second kappa shape index (κ2) is 42.7. The van der Waals surface area contributed by atoms with Crippen LogP contribution in [-0.4, -0.2) is 80.6 Å². The fourth-order valence-corrected chi connectivity index (χ4v) is 7.74. The number of likely N-dealkylation sites (N-methyl/N-ethyl adjacent to an activating group) is 1. The van der Waals surface area contributed by atoms with Gasteiger partial charge in [-0.2, -0.15) is 0 Å². The first-order valence-corrected chi connectivity index (χ1v) is 25.2. The molecule has 0 amide bonds. The van der Waals surface area contributed by atoms with E-state index in [1.54, 1.807) is 0 Å². The van der Waals surface area contributed by atoms with Crippen LogP contribution in [0.4, 0.5) is 0 Å². The maximum Gasteiger partial charge on any atom is 0.362 e. The summed E-state index contributed by atoms with van der Waals surface area (Å²) in [5, 5.41) is 9.64. The van der Waals surface area contributed by atoms with Crippen molar-refractivity contribution >= 4 is 17.9 Å². The quantitative estimate of drug-likeness (QED) is 0.0282. The molecule has 0 saturated heterocycles. The van der Waals surface area contributed by atoms with Gasteiger partial charge < -0.3 is 23.8 Å². The number of carbonyl (C=O) groups excluding carboxylic acids is 2. The number of aliphatic carboxylic acids is 1. The number of allylic oxidation sites excluding steroid dienone is 2. The fraction of sp³-hybridized carbons (Fsp3) is 0.902. The number of rotatable bonds is 46. The van der Waals surface area contributed by atoms with E-state index in [4.69, 9.17) is 14.2 Å². The number of carboxylic acids is 1. The summed E-state index contributed by atoms with van der Waals surface area (Å²) in [7, 11) is 5.54. The molecular formula is C51H98NO7+. The van der Waals surface area contributed by atoms with Crippen molar-refractivity contribution in [3.63, 3.8) is 0 Å². The van der Waals surface area contributed by atoms with Gasteiger partial charge in [-0.25, -0.2) is 4.79 Å². The Morgan fingerprint density at radius 2 is 0.847 bits per heavy atom. The second-order valence-corrected chi connectivity index (χ2v) is 18.4. The summed E-state index contributed by atoms with van der Waals surface area (Å²) in [5.74, 6) is -1.45. The fourth-order valence-electron chi connectivity index (χ4n) is 7.74. The van der Waals surface area contributed by atoms with Gasteiger partial charge in [-0.3, -0.25) is 9.59 Å². The van der Waals surface area contributed by atoms with Crippen molar-refractivity contribution in [2.24, 2.45) is 0 Å². The molecule has 8 heteroatoms. The van der Waals surface area contributed by atoms with Crippen LogP contribution in [0.1, 0.15) is 245 Å². The van der Waals surface area contributed by atoms with E-state index in [-0.39, 0.29) is 36.2 Å². The Bertz CT molecular complexity index is 978. The molecule has 0 spiro atoms. The van der Waals surface area contributed by atoms with E-state index in [1.165, 1.54) is 173 Å². The standard InChI is InChI=1S/C51H97NO7/c1-6-8-10-12-14-16-18-20-22-24-25-26-28-29-31-33-35-37-39-41-49(53)58-46-47(45-57-44-43-48(51(55)56)52(3,4)5)59-50(54)42-40-38-36-34-32-30-27-23-21-19-17-15-13-11-9-7-2/h24-25,47-48H,6-23,26-46H2,1-5H3/p+1/b25-24+. The summed E-state index contributed by atoms with van der Waals surface area (Å²) >= 11 is 0. The molecule has 0 aliphatic heterocycles. The summed E-state index contributed by atoms with van der Waals surface area (Å²) in [6.07, 6.45) is 46.8. The Labute approximate surface area is 365 Å². The van der Waals surface area contributed by atoms with Crippen LogP contribution in [0.15, 0.2) is 12.2 Å². The Hall–Kier alpha value is -1.93. The van der Waals surface area contributed by atoms with Crippen molar-refractivity contribution in [3.05, 3.63) is 12.2 Å². The third kappa shape index (κ3) is 41.2. The number of quaternary nitrogens is 1. The predicted octanol–water partition coefficient (Wildman–Crippen LogP) is 14.3. The SMILES string of the molecule is CCCCCCCCCC/C=C/CCCCCCCCCC(=O)OCC(COCCC(C(=O)O)[N+](C)(C)C)OC(=O)CCCCCCCCCCCCCCCCCC. The average molecular weight is 837 g/mol. The van der Waals surface area contributed by atoms with Crippen molar-refractivity contribution < 1.29 is 38.2 Å². The van der Waals surface area contributed by atoms with Crippen molar-refractivity contribution in [2.75, 3.05) is 41.0 Å². The third-order valence-corrected chi connectivity index (χ3v) is 11.7. The number of unbranched alkanes of at least 4 members (excludes halogenated alkanes) is 30. The Kier molecular flexibility index (Phi) is 41.3. The molecule has 0 radical (unpaired) electrons. The molecule has 0 bridgehead atoms. The number of hydrogen-bond donors (Lipinski definition) is 1. The Morgan fingerprint density at radius 3 is 1.22 bits per heavy atom. The first-order valence-electron chi connectivity index (χ1n) is 25.2. The van der Waals surface area contributed by atoms with Crippen LogP contribution in [0.3, 0.4) is 0 Å². The highest BCUT2D eigenvalue weighted by Gasteiger charge is 2.31. The van der Waals surface area contributed by atoms with E-state index >= 15 is 0 Å². The second-order valence-electron chi connectivity index (χ2n) is 18.4. The van der Waals surface area contributed by atoms with Gasteiger partial charge in [0.2, 0.25) is 0 Å². The number of nitrogens with zero attached hydrogens (tertiary/aromatic N) is 1. The van der Waals surface area contributed by atoms with Crippen LogP contribution in [0.25, 0.3) is 0 Å². The van der Waals surface area contributed by atoms with E-state index < -0.39 is 18.1 Å². The lowest BCUT2D eigenvalue weighted by molar-refractivity contribution is -0.887. The number of hydrogen-bond acceptors (Lipinski definition) is 6. The highest BCUT2D eigenvalue weighted by Crippen LogP contribution is 2.16. The first kappa shape index (κ1) is 57.1. The largest absolute Gasteiger partial charge is 0.477 e. The normalized spacial score (nSPS) is 12.9. The molecule has 0 aromatic rings. The van der Waals surface area contributed by atoms with E-state index in [9.17, 15) is 19.5 Å². The van der Waals surface area contributed by atoms with Gasteiger partial charge >= 0.3 is 17.9 Å². The summed E-state index contributed by atoms with van der Waals surface area (Å²) < 4.78 is 17.4. The van der Waals surface area contributed by atoms with Gasteiger partial charge in [0.05, 0.1) is 34.4 Å². The molecule has 0 aromatic heterocycles.